The van der Waals surface area contributed by atoms with Crippen molar-refractivity contribution < 1.29 is 17.9 Å². The highest BCUT2D eigenvalue weighted by Crippen LogP contribution is 2.24. The number of hydrogen-bond acceptors (Lipinski definition) is 4. The van der Waals surface area contributed by atoms with Crippen molar-refractivity contribution in [3.8, 4) is 5.75 Å². The zero-order valence-corrected chi connectivity index (χ0v) is 18.3. The molecular weight excluding hydrogens is 388 g/mol. The molecule has 0 saturated carbocycles. The van der Waals surface area contributed by atoms with Crippen molar-refractivity contribution in [3.63, 3.8) is 0 Å². The van der Waals surface area contributed by atoms with Crippen molar-refractivity contribution in [2.45, 2.75) is 32.7 Å². The summed E-state index contributed by atoms with van der Waals surface area (Å²) in [6, 6.07) is 17.1. The fourth-order valence-electron chi connectivity index (χ4n) is 2.70. The van der Waals surface area contributed by atoms with Gasteiger partial charge in [0.05, 0.1) is 19.3 Å². The van der Waals surface area contributed by atoms with Gasteiger partial charge in [0.15, 0.2) is 0 Å². The third kappa shape index (κ3) is 7.87. The SMILES string of the molecule is CC(C)(C)c1ccc(OCCNC(=O)CN(Cc2ccccc2)S(C)(=O)=O)cc1. The van der Waals surface area contributed by atoms with E-state index in [1.165, 1.54) is 5.56 Å². The first-order chi connectivity index (χ1) is 13.6. The molecule has 0 atom stereocenters. The van der Waals surface area contributed by atoms with Crippen LogP contribution in [0, 0.1) is 0 Å². The number of amides is 1. The Kier molecular flexibility index (Phi) is 7.81. The molecule has 7 heteroatoms. The van der Waals surface area contributed by atoms with Gasteiger partial charge in [0.2, 0.25) is 15.9 Å². The van der Waals surface area contributed by atoms with Gasteiger partial charge in [-0.1, -0.05) is 63.2 Å². The van der Waals surface area contributed by atoms with Crippen LogP contribution in [0.1, 0.15) is 31.9 Å². The summed E-state index contributed by atoms with van der Waals surface area (Å²) in [5.74, 6) is 0.368. The van der Waals surface area contributed by atoms with Gasteiger partial charge in [-0.25, -0.2) is 8.42 Å². The van der Waals surface area contributed by atoms with Gasteiger partial charge in [-0.15, -0.1) is 0 Å². The third-order valence-electron chi connectivity index (χ3n) is 4.40. The first-order valence-corrected chi connectivity index (χ1v) is 11.4. The number of nitrogens with zero attached hydrogens (tertiary/aromatic N) is 1. The zero-order chi connectivity index (χ0) is 21.5. The Bertz CT molecular complexity index is 889. The molecule has 6 nitrogen and oxygen atoms in total. The number of benzene rings is 2. The summed E-state index contributed by atoms with van der Waals surface area (Å²) in [6.45, 7) is 6.97. The van der Waals surface area contributed by atoms with E-state index in [2.05, 4.69) is 26.1 Å². The lowest BCUT2D eigenvalue weighted by Gasteiger charge is -2.20. The van der Waals surface area contributed by atoms with Crippen LogP contribution in [0.5, 0.6) is 5.75 Å². The van der Waals surface area contributed by atoms with E-state index in [-0.39, 0.29) is 24.4 Å². The van der Waals surface area contributed by atoms with E-state index in [0.717, 1.165) is 21.9 Å². The Morgan fingerprint density at radius 2 is 1.66 bits per heavy atom. The Hall–Kier alpha value is -2.38. The topological polar surface area (TPSA) is 75.7 Å². The molecule has 158 valence electrons. The zero-order valence-electron chi connectivity index (χ0n) is 17.5. The van der Waals surface area contributed by atoms with Gasteiger partial charge in [-0.3, -0.25) is 4.79 Å². The van der Waals surface area contributed by atoms with Gasteiger partial charge in [-0.2, -0.15) is 4.31 Å². The molecule has 0 heterocycles. The minimum Gasteiger partial charge on any atom is -0.492 e. The van der Waals surface area contributed by atoms with Crippen molar-refractivity contribution in [3.05, 3.63) is 65.7 Å². The van der Waals surface area contributed by atoms with Gasteiger partial charge < -0.3 is 10.1 Å². The fourth-order valence-corrected chi connectivity index (χ4v) is 3.44. The summed E-state index contributed by atoms with van der Waals surface area (Å²) in [4.78, 5) is 12.2. The highest BCUT2D eigenvalue weighted by Gasteiger charge is 2.20. The van der Waals surface area contributed by atoms with Crippen LogP contribution in [-0.4, -0.2) is 44.6 Å². The average molecular weight is 419 g/mol. The Balaban J connectivity index is 1.80. The van der Waals surface area contributed by atoms with E-state index in [1.54, 1.807) is 0 Å². The second kappa shape index (κ2) is 9.89. The molecule has 0 spiro atoms. The van der Waals surface area contributed by atoms with E-state index in [1.807, 2.05) is 54.6 Å². The Labute approximate surface area is 173 Å². The van der Waals surface area contributed by atoms with Gasteiger partial charge in [0, 0.05) is 6.54 Å². The predicted molar refractivity (Wildman–Crippen MR) is 115 cm³/mol. The molecule has 0 bridgehead atoms. The van der Waals surface area contributed by atoms with Crippen LogP contribution < -0.4 is 10.1 Å². The number of nitrogens with one attached hydrogen (secondary N) is 1. The summed E-state index contributed by atoms with van der Waals surface area (Å²) in [6.07, 6.45) is 1.10. The lowest BCUT2D eigenvalue weighted by Crippen LogP contribution is -2.40. The standard InChI is InChI=1S/C22H30N2O4S/c1-22(2,3)19-10-12-20(13-11-19)28-15-14-23-21(25)17-24(29(4,26)27)16-18-8-6-5-7-9-18/h5-13H,14-17H2,1-4H3,(H,23,25). The number of carbonyl (C=O) groups is 1. The molecule has 0 aliphatic rings. The van der Waals surface area contributed by atoms with E-state index >= 15 is 0 Å². The summed E-state index contributed by atoms with van der Waals surface area (Å²) in [5, 5.41) is 2.71. The maximum Gasteiger partial charge on any atom is 0.235 e. The van der Waals surface area contributed by atoms with Crippen molar-refractivity contribution in [1.29, 1.82) is 0 Å². The lowest BCUT2D eigenvalue weighted by molar-refractivity contribution is -0.121. The monoisotopic (exact) mass is 418 g/mol. The number of rotatable bonds is 9. The molecule has 0 aliphatic heterocycles. The molecule has 0 fully saturated rings. The van der Waals surface area contributed by atoms with Crippen molar-refractivity contribution >= 4 is 15.9 Å². The quantitative estimate of drug-likeness (QED) is 0.636. The maximum absolute atomic E-state index is 12.2. The van der Waals surface area contributed by atoms with E-state index in [4.69, 9.17) is 4.74 Å². The number of ether oxygens (including phenoxy) is 1. The molecule has 1 amide bonds. The summed E-state index contributed by atoms with van der Waals surface area (Å²) in [7, 11) is -3.51. The Morgan fingerprint density at radius 3 is 2.21 bits per heavy atom. The molecule has 1 N–H and O–H groups in total. The Morgan fingerprint density at radius 1 is 1.03 bits per heavy atom. The van der Waals surface area contributed by atoms with E-state index < -0.39 is 10.0 Å². The summed E-state index contributed by atoms with van der Waals surface area (Å²) < 4.78 is 30.8. The highest BCUT2D eigenvalue weighted by molar-refractivity contribution is 7.88. The average Bonchev–Trinajstić information content (AvgIpc) is 2.64. The molecule has 0 aromatic heterocycles. The lowest BCUT2D eigenvalue weighted by atomic mass is 9.87. The molecule has 0 saturated heterocycles. The second-order valence-electron chi connectivity index (χ2n) is 7.99. The van der Waals surface area contributed by atoms with E-state index in [0.29, 0.717) is 13.2 Å². The molecule has 0 unspecified atom stereocenters. The normalized spacial score (nSPS) is 12.0. The van der Waals surface area contributed by atoms with Gasteiger partial charge in [-0.05, 0) is 28.7 Å². The minimum atomic E-state index is -3.51. The van der Waals surface area contributed by atoms with Crippen LogP contribution in [0.2, 0.25) is 0 Å². The molecule has 0 radical (unpaired) electrons. The van der Waals surface area contributed by atoms with Crippen molar-refractivity contribution in [2.24, 2.45) is 0 Å². The van der Waals surface area contributed by atoms with Gasteiger partial charge in [0.25, 0.3) is 0 Å². The van der Waals surface area contributed by atoms with Crippen LogP contribution in [-0.2, 0) is 26.8 Å². The molecule has 29 heavy (non-hydrogen) atoms. The van der Waals surface area contributed by atoms with Crippen LogP contribution in [0.25, 0.3) is 0 Å². The van der Waals surface area contributed by atoms with Crippen molar-refractivity contribution in [2.75, 3.05) is 26.0 Å². The maximum atomic E-state index is 12.2. The summed E-state index contributed by atoms with van der Waals surface area (Å²) in [5.41, 5.74) is 2.13. The molecule has 2 rings (SSSR count). The summed E-state index contributed by atoms with van der Waals surface area (Å²) >= 11 is 0. The first-order valence-electron chi connectivity index (χ1n) is 9.55. The predicted octanol–water partition coefficient (Wildman–Crippen LogP) is 2.94. The highest BCUT2D eigenvalue weighted by atomic mass is 32.2. The number of hydrogen-bond donors (Lipinski definition) is 1. The van der Waals surface area contributed by atoms with Crippen LogP contribution in [0.15, 0.2) is 54.6 Å². The van der Waals surface area contributed by atoms with Gasteiger partial charge in [0.1, 0.15) is 12.4 Å². The van der Waals surface area contributed by atoms with Crippen LogP contribution in [0.4, 0.5) is 0 Å². The molecular formula is C22H30N2O4S. The van der Waals surface area contributed by atoms with Crippen LogP contribution in [0.3, 0.4) is 0 Å². The first kappa shape index (κ1) is 22.9. The number of sulfonamides is 1. The largest absolute Gasteiger partial charge is 0.492 e. The minimum absolute atomic E-state index is 0.0811. The molecule has 2 aromatic carbocycles. The van der Waals surface area contributed by atoms with Gasteiger partial charge >= 0.3 is 0 Å². The molecule has 2 aromatic rings. The van der Waals surface area contributed by atoms with E-state index in [9.17, 15) is 13.2 Å². The smallest absolute Gasteiger partial charge is 0.235 e. The third-order valence-corrected chi connectivity index (χ3v) is 5.60. The van der Waals surface area contributed by atoms with Crippen LogP contribution >= 0.6 is 0 Å². The number of carbonyl (C=O) groups excluding carboxylic acids is 1. The van der Waals surface area contributed by atoms with Crippen molar-refractivity contribution in [1.82, 2.24) is 9.62 Å². The fraction of sp³-hybridized carbons (Fsp3) is 0.409. The second-order valence-corrected chi connectivity index (χ2v) is 9.97. The molecule has 0 aliphatic carbocycles.